The Morgan fingerprint density at radius 1 is 1.48 bits per heavy atom. The van der Waals surface area contributed by atoms with Crippen LogP contribution in [0.15, 0.2) is 29.4 Å². The lowest BCUT2D eigenvalue weighted by atomic mass is 10.1. The minimum absolute atomic E-state index is 0.0741. The van der Waals surface area contributed by atoms with Gasteiger partial charge in [0.05, 0.1) is 23.4 Å². The van der Waals surface area contributed by atoms with Crippen molar-refractivity contribution in [2.45, 2.75) is 32.4 Å². The number of imidazole rings is 1. The van der Waals surface area contributed by atoms with E-state index in [9.17, 15) is 14.3 Å². The van der Waals surface area contributed by atoms with Crippen LogP contribution in [0.2, 0.25) is 0 Å². The lowest BCUT2D eigenvalue weighted by Gasteiger charge is -2.09. The van der Waals surface area contributed by atoms with Gasteiger partial charge in [-0.05, 0) is 32.2 Å². The Hall–Kier alpha value is -3.64. The van der Waals surface area contributed by atoms with Crippen LogP contribution in [-0.2, 0) is 13.0 Å². The maximum atomic E-state index is 14.6. The lowest BCUT2D eigenvalue weighted by Crippen LogP contribution is -2.18. The Balaban J connectivity index is 2.21. The molecule has 1 aliphatic heterocycles. The Bertz CT molecular complexity index is 1150. The second-order valence-electron chi connectivity index (χ2n) is 7.48. The van der Waals surface area contributed by atoms with Crippen molar-refractivity contribution in [3.63, 3.8) is 0 Å². The summed E-state index contributed by atoms with van der Waals surface area (Å²) in [5.74, 6) is 4.67. The molecule has 0 unspecified atom stereocenters. The molecule has 0 saturated carbocycles. The molecule has 0 spiro atoms. The Morgan fingerprint density at radius 2 is 2.23 bits per heavy atom. The SMILES string of the molecule is CN=C(/C=C\N)Cc1c(C(N)=O)nc2n1CCOc1cc(F)c(C#CC(C)(C)O)cc1-2. The number of hydrogen-bond donors (Lipinski definition) is 3. The number of hydrogen-bond acceptors (Lipinski definition) is 6. The van der Waals surface area contributed by atoms with Crippen molar-refractivity contribution < 1.29 is 19.0 Å². The van der Waals surface area contributed by atoms with Crippen LogP contribution in [0.25, 0.3) is 11.4 Å². The molecule has 1 amide bonds. The zero-order chi connectivity index (χ0) is 22.8. The Morgan fingerprint density at radius 3 is 2.84 bits per heavy atom. The maximum absolute atomic E-state index is 14.6. The summed E-state index contributed by atoms with van der Waals surface area (Å²) in [4.78, 5) is 20.8. The third-order valence-electron chi connectivity index (χ3n) is 4.62. The molecule has 5 N–H and O–H groups in total. The molecule has 0 bridgehead atoms. The summed E-state index contributed by atoms with van der Waals surface area (Å²) in [7, 11) is 1.62. The highest BCUT2D eigenvalue weighted by atomic mass is 19.1. The topological polar surface area (TPSA) is 129 Å². The van der Waals surface area contributed by atoms with E-state index in [1.807, 2.05) is 4.57 Å². The van der Waals surface area contributed by atoms with E-state index in [4.69, 9.17) is 16.2 Å². The number of benzene rings is 1. The lowest BCUT2D eigenvalue weighted by molar-refractivity contribution is 0.0995. The molecule has 1 aromatic carbocycles. The predicted octanol–water partition coefficient (Wildman–Crippen LogP) is 1.39. The average molecular weight is 425 g/mol. The molecule has 2 heterocycles. The highest BCUT2D eigenvalue weighted by Crippen LogP contribution is 2.35. The number of halogens is 1. The van der Waals surface area contributed by atoms with Gasteiger partial charge in [-0.1, -0.05) is 11.8 Å². The highest BCUT2D eigenvalue weighted by molar-refractivity contribution is 5.99. The van der Waals surface area contributed by atoms with Gasteiger partial charge in [0, 0.05) is 25.2 Å². The normalized spacial score (nSPS) is 13.6. The number of fused-ring (bicyclic) bond motifs is 3. The van der Waals surface area contributed by atoms with E-state index in [0.29, 0.717) is 29.3 Å². The number of aromatic nitrogens is 2. The fraction of sp³-hybridized carbons (Fsp3) is 0.318. The summed E-state index contributed by atoms with van der Waals surface area (Å²) < 4.78 is 22.1. The van der Waals surface area contributed by atoms with E-state index >= 15 is 0 Å². The standard InChI is InChI=1S/C22H24FN5O3/c1-22(2,30)6-4-13-10-15-18(12-16(13)23)31-9-8-28-17(11-14(26-3)5-7-24)19(20(25)29)27-21(15)28/h5,7,10,12,30H,8-9,11,24H2,1-3H3,(H2,25,29)/b7-5-,26-14?. The molecule has 8 nitrogen and oxygen atoms in total. The minimum Gasteiger partial charge on any atom is -0.491 e. The number of nitrogens with two attached hydrogens (primary N) is 2. The largest absolute Gasteiger partial charge is 0.491 e. The monoisotopic (exact) mass is 425 g/mol. The molecule has 0 aliphatic carbocycles. The van der Waals surface area contributed by atoms with Crippen molar-refractivity contribution in [3.05, 3.63) is 47.2 Å². The molecule has 0 fully saturated rings. The summed E-state index contributed by atoms with van der Waals surface area (Å²) in [6, 6.07) is 2.73. The molecular formula is C22H24FN5O3. The van der Waals surface area contributed by atoms with Crippen LogP contribution in [0, 0.1) is 17.7 Å². The van der Waals surface area contributed by atoms with Crippen molar-refractivity contribution in [1.29, 1.82) is 0 Å². The fourth-order valence-electron chi connectivity index (χ4n) is 3.22. The van der Waals surface area contributed by atoms with Crippen molar-refractivity contribution in [2.75, 3.05) is 13.7 Å². The quantitative estimate of drug-likeness (QED) is 0.504. The molecule has 0 saturated heterocycles. The molecule has 2 aromatic rings. The number of aliphatic hydroxyl groups is 1. The smallest absolute Gasteiger partial charge is 0.269 e. The first-order valence-corrected chi connectivity index (χ1v) is 9.60. The molecule has 0 atom stereocenters. The summed E-state index contributed by atoms with van der Waals surface area (Å²) >= 11 is 0. The molecule has 3 rings (SSSR count). The summed E-state index contributed by atoms with van der Waals surface area (Å²) in [5.41, 5.74) is 11.6. The molecule has 31 heavy (non-hydrogen) atoms. The van der Waals surface area contributed by atoms with Crippen LogP contribution in [0.3, 0.4) is 0 Å². The third kappa shape index (κ3) is 4.75. The first-order valence-electron chi connectivity index (χ1n) is 9.60. The van der Waals surface area contributed by atoms with Gasteiger partial charge in [0.1, 0.15) is 35.3 Å². The average Bonchev–Trinajstić information content (AvgIpc) is 2.95. The van der Waals surface area contributed by atoms with Gasteiger partial charge >= 0.3 is 0 Å². The molecule has 9 heteroatoms. The zero-order valence-corrected chi connectivity index (χ0v) is 17.6. The summed E-state index contributed by atoms with van der Waals surface area (Å²) in [6.07, 6.45) is 3.27. The van der Waals surface area contributed by atoms with Crippen LogP contribution < -0.4 is 16.2 Å². The number of carbonyl (C=O) groups is 1. The minimum atomic E-state index is -1.28. The van der Waals surface area contributed by atoms with Crippen molar-refractivity contribution in [1.82, 2.24) is 9.55 Å². The first-order chi connectivity index (χ1) is 14.6. The zero-order valence-electron chi connectivity index (χ0n) is 17.6. The van der Waals surface area contributed by atoms with E-state index in [-0.39, 0.29) is 30.0 Å². The second-order valence-corrected chi connectivity index (χ2v) is 7.48. The Kier molecular flexibility index (Phi) is 6.13. The number of rotatable bonds is 4. The number of aliphatic imine (C=N–C) groups is 1. The van der Waals surface area contributed by atoms with Gasteiger partial charge in [-0.3, -0.25) is 9.79 Å². The Labute approximate surface area is 179 Å². The van der Waals surface area contributed by atoms with Crippen LogP contribution in [-0.4, -0.2) is 45.5 Å². The van der Waals surface area contributed by atoms with Crippen molar-refractivity contribution >= 4 is 11.6 Å². The number of carbonyl (C=O) groups excluding carboxylic acids is 1. The molecule has 1 aliphatic rings. The summed E-state index contributed by atoms with van der Waals surface area (Å²) in [6.45, 7) is 3.62. The second kappa shape index (κ2) is 8.62. The fourth-order valence-corrected chi connectivity index (χ4v) is 3.22. The van der Waals surface area contributed by atoms with Crippen molar-refractivity contribution in [3.8, 4) is 29.0 Å². The number of primary amides is 1. The summed E-state index contributed by atoms with van der Waals surface area (Å²) in [5, 5.41) is 9.85. The van der Waals surface area contributed by atoms with Gasteiger partial charge in [-0.25, -0.2) is 9.37 Å². The van der Waals surface area contributed by atoms with Gasteiger partial charge in [0.25, 0.3) is 5.91 Å². The number of allylic oxidation sites excluding steroid dienone is 1. The van der Waals surface area contributed by atoms with E-state index in [0.717, 1.165) is 0 Å². The molecule has 162 valence electrons. The third-order valence-corrected chi connectivity index (χ3v) is 4.62. The van der Waals surface area contributed by atoms with E-state index in [1.54, 1.807) is 13.1 Å². The van der Waals surface area contributed by atoms with E-state index in [2.05, 4.69) is 21.8 Å². The highest BCUT2D eigenvalue weighted by Gasteiger charge is 2.27. The number of nitrogens with zero attached hydrogens (tertiary/aromatic N) is 3. The van der Waals surface area contributed by atoms with Crippen LogP contribution in [0.1, 0.15) is 35.6 Å². The van der Waals surface area contributed by atoms with E-state index < -0.39 is 17.3 Å². The van der Waals surface area contributed by atoms with Crippen LogP contribution in [0.4, 0.5) is 4.39 Å². The van der Waals surface area contributed by atoms with Crippen LogP contribution >= 0.6 is 0 Å². The van der Waals surface area contributed by atoms with Gasteiger partial charge in [0.15, 0.2) is 0 Å². The maximum Gasteiger partial charge on any atom is 0.269 e. The number of ether oxygens (including phenoxy) is 1. The van der Waals surface area contributed by atoms with Gasteiger partial charge in [-0.15, -0.1) is 0 Å². The van der Waals surface area contributed by atoms with Crippen molar-refractivity contribution in [2.24, 2.45) is 16.5 Å². The van der Waals surface area contributed by atoms with Gasteiger partial charge in [0.2, 0.25) is 0 Å². The van der Waals surface area contributed by atoms with Crippen LogP contribution in [0.5, 0.6) is 5.75 Å². The van der Waals surface area contributed by atoms with E-state index in [1.165, 1.54) is 32.2 Å². The number of amides is 1. The first kappa shape index (κ1) is 22.1. The van der Waals surface area contributed by atoms with Gasteiger partial charge < -0.3 is 25.9 Å². The molecular weight excluding hydrogens is 401 g/mol. The molecule has 1 aromatic heterocycles. The van der Waals surface area contributed by atoms with Gasteiger partial charge in [-0.2, -0.15) is 0 Å². The predicted molar refractivity (Wildman–Crippen MR) is 115 cm³/mol. The molecule has 0 radical (unpaired) electrons.